The Morgan fingerprint density at radius 1 is 1.21 bits per heavy atom. The highest BCUT2D eigenvalue weighted by atomic mass is 32.1. The van der Waals surface area contributed by atoms with Gasteiger partial charge in [-0.2, -0.15) is 0 Å². The Bertz CT molecular complexity index is 707. The highest BCUT2D eigenvalue weighted by Crippen LogP contribution is 2.19. The number of nitro groups is 1. The Morgan fingerprint density at radius 2 is 1.84 bits per heavy atom. The normalized spacial score (nSPS) is 10.1. The number of benzene rings is 1. The molecule has 96 valence electrons. The number of nitrogens with two attached hydrogens (primary N) is 1. The van der Waals surface area contributed by atoms with Crippen molar-refractivity contribution >= 4 is 22.9 Å². The first-order valence-electron chi connectivity index (χ1n) is 5.27. The molecule has 0 amide bonds. The van der Waals surface area contributed by atoms with E-state index in [4.69, 9.17) is 18.0 Å². The van der Waals surface area contributed by atoms with Gasteiger partial charge in [-0.05, 0) is 29.8 Å². The summed E-state index contributed by atoms with van der Waals surface area (Å²) in [7, 11) is 0. The molecule has 1 aromatic heterocycles. The molecule has 6 nitrogen and oxygen atoms in total. The van der Waals surface area contributed by atoms with Gasteiger partial charge in [-0.15, -0.1) is 0 Å². The first-order valence-corrected chi connectivity index (χ1v) is 5.68. The Hall–Kier alpha value is -2.54. The van der Waals surface area contributed by atoms with Gasteiger partial charge in [0.2, 0.25) is 0 Å². The van der Waals surface area contributed by atoms with Crippen LogP contribution in [0.15, 0.2) is 41.2 Å². The van der Waals surface area contributed by atoms with Crippen molar-refractivity contribution in [3.8, 4) is 11.3 Å². The summed E-state index contributed by atoms with van der Waals surface area (Å²) in [6.45, 7) is 0. The standard InChI is InChI=1S/C12H9N3O3S/c13-11(19)9-5-6-10(14-12(9)16)7-1-3-8(4-2-7)15(17)18/h1-6H,(H2,13,19)(H,14,16). The number of rotatable bonds is 3. The van der Waals surface area contributed by atoms with E-state index in [1.807, 2.05) is 0 Å². The number of pyridine rings is 1. The zero-order valence-corrected chi connectivity index (χ0v) is 10.4. The van der Waals surface area contributed by atoms with Gasteiger partial charge in [0.15, 0.2) is 0 Å². The van der Waals surface area contributed by atoms with Gasteiger partial charge in [-0.1, -0.05) is 12.2 Å². The average Bonchev–Trinajstić information content (AvgIpc) is 2.38. The molecule has 1 heterocycles. The van der Waals surface area contributed by atoms with Crippen molar-refractivity contribution in [2.24, 2.45) is 5.73 Å². The van der Waals surface area contributed by atoms with Crippen molar-refractivity contribution in [1.29, 1.82) is 0 Å². The lowest BCUT2D eigenvalue weighted by molar-refractivity contribution is -0.384. The van der Waals surface area contributed by atoms with Crippen molar-refractivity contribution in [3.63, 3.8) is 0 Å². The summed E-state index contributed by atoms with van der Waals surface area (Å²) in [4.78, 5) is 24.4. The summed E-state index contributed by atoms with van der Waals surface area (Å²) in [6, 6.07) is 9.03. The van der Waals surface area contributed by atoms with E-state index in [0.717, 1.165) is 0 Å². The fourth-order valence-corrected chi connectivity index (χ4v) is 1.76. The number of nitro benzene ring substituents is 1. The van der Waals surface area contributed by atoms with Gasteiger partial charge < -0.3 is 10.7 Å². The van der Waals surface area contributed by atoms with Crippen LogP contribution in [0.5, 0.6) is 0 Å². The maximum Gasteiger partial charge on any atom is 0.269 e. The Balaban J connectivity index is 2.42. The van der Waals surface area contributed by atoms with Crippen molar-refractivity contribution < 1.29 is 4.92 Å². The van der Waals surface area contributed by atoms with Crippen LogP contribution in [0.4, 0.5) is 5.69 Å². The zero-order valence-electron chi connectivity index (χ0n) is 9.62. The summed E-state index contributed by atoms with van der Waals surface area (Å²) in [5.41, 5.74) is 6.44. The van der Waals surface area contributed by atoms with Crippen LogP contribution >= 0.6 is 12.2 Å². The summed E-state index contributed by atoms with van der Waals surface area (Å²) in [6.07, 6.45) is 0. The van der Waals surface area contributed by atoms with Crippen LogP contribution in [0, 0.1) is 10.1 Å². The molecule has 0 saturated carbocycles. The van der Waals surface area contributed by atoms with Crippen LogP contribution in [-0.4, -0.2) is 14.9 Å². The molecule has 2 aromatic rings. The molecule has 0 aliphatic carbocycles. The number of H-pyrrole nitrogens is 1. The predicted octanol–water partition coefficient (Wildman–Crippen LogP) is 1.58. The molecular formula is C12H9N3O3S. The van der Waals surface area contributed by atoms with E-state index in [-0.39, 0.29) is 21.8 Å². The lowest BCUT2D eigenvalue weighted by atomic mass is 10.1. The Morgan fingerprint density at radius 3 is 2.32 bits per heavy atom. The molecule has 0 radical (unpaired) electrons. The average molecular weight is 275 g/mol. The van der Waals surface area contributed by atoms with Gasteiger partial charge in [-0.3, -0.25) is 14.9 Å². The molecular weight excluding hydrogens is 266 g/mol. The summed E-state index contributed by atoms with van der Waals surface area (Å²) in [5, 5.41) is 10.5. The Labute approximate surface area is 113 Å². The number of aromatic amines is 1. The largest absolute Gasteiger partial charge is 0.389 e. The van der Waals surface area contributed by atoms with E-state index in [0.29, 0.717) is 11.3 Å². The summed E-state index contributed by atoms with van der Waals surface area (Å²) in [5.74, 6) is 0. The minimum Gasteiger partial charge on any atom is -0.389 e. The molecule has 0 aliphatic rings. The van der Waals surface area contributed by atoms with Gasteiger partial charge in [0.1, 0.15) is 4.99 Å². The van der Waals surface area contributed by atoms with E-state index in [1.165, 1.54) is 18.2 Å². The van der Waals surface area contributed by atoms with Crippen molar-refractivity contribution in [3.05, 3.63) is 62.4 Å². The second-order valence-electron chi connectivity index (χ2n) is 3.78. The van der Waals surface area contributed by atoms with Gasteiger partial charge in [-0.25, -0.2) is 0 Å². The molecule has 0 atom stereocenters. The lowest BCUT2D eigenvalue weighted by Crippen LogP contribution is -2.22. The molecule has 0 aliphatic heterocycles. The van der Waals surface area contributed by atoms with E-state index >= 15 is 0 Å². The number of hydrogen-bond acceptors (Lipinski definition) is 4. The quantitative estimate of drug-likeness (QED) is 0.503. The maximum absolute atomic E-state index is 11.7. The first-order chi connectivity index (χ1) is 8.99. The molecule has 0 unspecified atom stereocenters. The van der Waals surface area contributed by atoms with Gasteiger partial charge in [0.25, 0.3) is 11.2 Å². The van der Waals surface area contributed by atoms with E-state index in [1.54, 1.807) is 18.2 Å². The molecule has 0 spiro atoms. The molecule has 2 rings (SSSR count). The van der Waals surface area contributed by atoms with Crippen molar-refractivity contribution in [2.45, 2.75) is 0 Å². The molecule has 7 heteroatoms. The number of aromatic nitrogens is 1. The minimum absolute atomic E-state index is 0.00847. The van der Waals surface area contributed by atoms with E-state index < -0.39 is 4.92 Å². The van der Waals surface area contributed by atoms with Crippen LogP contribution in [0.1, 0.15) is 5.56 Å². The zero-order chi connectivity index (χ0) is 14.0. The molecule has 1 aromatic carbocycles. The van der Waals surface area contributed by atoms with Crippen molar-refractivity contribution in [1.82, 2.24) is 4.98 Å². The SMILES string of the molecule is NC(=S)c1ccc(-c2ccc([N+](=O)[O-])cc2)[nH]c1=O. The van der Waals surface area contributed by atoms with Gasteiger partial charge >= 0.3 is 0 Å². The van der Waals surface area contributed by atoms with Gasteiger partial charge in [0.05, 0.1) is 10.5 Å². The smallest absolute Gasteiger partial charge is 0.269 e. The third-order valence-electron chi connectivity index (χ3n) is 2.56. The number of nitrogens with zero attached hydrogens (tertiary/aromatic N) is 1. The second kappa shape index (κ2) is 4.99. The molecule has 19 heavy (non-hydrogen) atoms. The van der Waals surface area contributed by atoms with Crippen LogP contribution in [0.3, 0.4) is 0 Å². The van der Waals surface area contributed by atoms with Gasteiger partial charge in [0, 0.05) is 17.8 Å². The Kier molecular flexibility index (Phi) is 3.39. The number of non-ortho nitro benzene ring substituents is 1. The number of hydrogen-bond donors (Lipinski definition) is 2. The van der Waals surface area contributed by atoms with Crippen molar-refractivity contribution in [2.75, 3.05) is 0 Å². The fraction of sp³-hybridized carbons (Fsp3) is 0. The summed E-state index contributed by atoms with van der Waals surface area (Å²) < 4.78 is 0. The molecule has 0 fully saturated rings. The highest BCUT2D eigenvalue weighted by molar-refractivity contribution is 7.80. The number of thiocarbonyl (C=S) groups is 1. The topological polar surface area (TPSA) is 102 Å². The third kappa shape index (κ3) is 2.66. The van der Waals surface area contributed by atoms with Crippen LogP contribution in [0.2, 0.25) is 0 Å². The minimum atomic E-state index is -0.484. The van der Waals surface area contributed by atoms with E-state index in [2.05, 4.69) is 4.98 Å². The highest BCUT2D eigenvalue weighted by Gasteiger charge is 2.07. The third-order valence-corrected chi connectivity index (χ3v) is 2.78. The molecule has 0 saturated heterocycles. The molecule has 0 bridgehead atoms. The fourth-order valence-electron chi connectivity index (χ4n) is 1.60. The number of nitrogens with one attached hydrogen (secondary N) is 1. The lowest BCUT2D eigenvalue weighted by Gasteiger charge is -2.03. The van der Waals surface area contributed by atoms with Crippen LogP contribution < -0.4 is 11.3 Å². The molecule has 3 N–H and O–H groups in total. The second-order valence-corrected chi connectivity index (χ2v) is 4.22. The monoisotopic (exact) mass is 275 g/mol. The summed E-state index contributed by atoms with van der Waals surface area (Å²) >= 11 is 4.74. The van der Waals surface area contributed by atoms with Crippen LogP contribution in [-0.2, 0) is 0 Å². The first kappa shape index (κ1) is 12.9. The van der Waals surface area contributed by atoms with Crippen LogP contribution in [0.25, 0.3) is 11.3 Å². The van der Waals surface area contributed by atoms with E-state index in [9.17, 15) is 14.9 Å². The maximum atomic E-state index is 11.7. The predicted molar refractivity (Wildman–Crippen MR) is 75.0 cm³/mol.